The van der Waals surface area contributed by atoms with Gasteiger partial charge >= 0.3 is 0 Å². The molecule has 0 aromatic carbocycles. The molecule has 3 heterocycles. The van der Waals surface area contributed by atoms with Crippen molar-refractivity contribution in [1.29, 1.82) is 0 Å². The van der Waals surface area contributed by atoms with Gasteiger partial charge in [-0.25, -0.2) is 0 Å². The smallest absolute Gasteiger partial charge is 0.225 e. The number of piperidine rings is 1. The highest BCUT2D eigenvalue weighted by Crippen LogP contribution is 2.33. The van der Waals surface area contributed by atoms with E-state index in [9.17, 15) is 4.79 Å². The van der Waals surface area contributed by atoms with Crippen LogP contribution in [0.2, 0.25) is 0 Å². The van der Waals surface area contributed by atoms with E-state index in [0.717, 1.165) is 56.9 Å². The first-order chi connectivity index (χ1) is 11.1. The van der Waals surface area contributed by atoms with Gasteiger partial charge in [0.15, 0.2) is 0 Å². The Bertz CT molecular complexity index is 385. The third-order valence-electron chi connectivity index (χ3n) is 6.03. The second kappa shape index (κ2) is 7.98. The summed E-state index contributed by atoms with van der Waals surface area (Å²) in [6.07, 6.45) is 5.73. The largest absolute Gasteiger partial charge is 0.381 e. The molecule has 0 bridgehead atoms. The maximum atomic E-state index is 12.7. The van der Waals surface area contributed by atoms with E-state index in [1.807, 2.05) is 0 Å². The number of carbonyl (C=O) groups is 1. The molecule has 4 nitrogen and oxygen atoms in total. The summed E-state index contributed by atoms with van der Waals surface area (Å²) in [7, 11) is 0. The van der Waals surface area contributed by atoms with Crippen molar-refractivity contribution in [3.63, 3.8) is 0 Å². The predicted molar refractivity (Wildman–Crippen MR) is 92.2 cm³/mol. The van der Waals surface area contributed by atoms with Gasteiger partial charge < -0.3 is 14.5 Å². The van der Waals surface area contributed by atoms with Crippen molar-refractivity contribution in [2.24, 2.45) is 23.7 Å². The van der Waals surface area contributed by atoms with E-state index in [1.165, 1.54) is 38.9 Å². The minimum absolute atomic E-state index is 0.232. The summed E-state index contributed by atoms with van der Waals surface area (Å²) >= 11 is 0. The summed E-state index contributed by atoms with van der Waals surface area (Å²) in [5.41, 5.74) is 0. The van der Waals surface area contributed by atoms with Crippen molar-refractivity contribution in [3.8, 4) is 0 Å². The Balaban J connectivity index is 1.44. The van der Waals surface area contributed by atoms with Gasteiger partial charge in [0.2, 0.25) is 5.91 Å². The van der Waals surface area contributed by atoms with Gasteiger partial charge in [-0.15, -0.1) is 0 Å². The summed E-state index contributed by atoms with van der Waals surface area (Å²) in [5.74, 6) is 3.00. The van der Waals surface area contributed by atoms with Crippen LogP contribution in [0.4, 0.5) is 0 Å². The molecule has 4 heteroatoms. The molecule has 0 radical (unpaired) electrons. The molecule has 3 rings (SSSR count). The molecule has 132 valence electrons. The third kappa shape index (κ3) is 4.48. The van der Waals surface area contributed by atoms with Gasteiger partial charge in [-0.05, 0) is 62.9 Å². The van der Waals surface area contributed by atoms with Gasteiger partial charge in [-0.1, -0.05) is 13.8 Å². The molecule has 0 N–H and O–H groups in total. The van der Waals surface area contributed by atoms with Crippen molar-refractivity contribution in [1.82, 2.24) is 9.80 Å². The van der Waals surface area contributed by atoms with E-state index < -0.39 is 0 Å². The fourth-order valence-corrected chi connectivity index (χ4v) is 4.70. The van der Waals surface area contributed by atoms with Crippen molar-refractivity contribution >= 4 is 5.91 Å². The van der Waals surface area contributed by atoms with Gasteiger partial charge in [-0.2, -0.15) is 0 Å². The molecule has 3 saturated heterocycles. The zero-order valence-electron chi connectivity index (χ0n) is 15.0. The summed E-state index contributed by atoms with van der Waals surface area (Å²) in [6, 6.07) is 0. The Kier molecular flexibility index (Phi) is 5.97. The summed E-state index contributed by atoms with van der Waals surface area (Å²) in [4.78, 5) is 17.5. The van der Waals surface area contributed by atoms with Crippen molar-refractivity contribution in [3.05, 3.63) is 0 Å². The third-order valence-corrected chi connectivity index (χ3v) is 6.03. The zero-order chi connectivity index (χ0) is 16.2. The Hall–Kier alpha value is -0.610. The lowest BCUT2D eigenvalue weighted by Crippen LogP contribution is -2.40. The average molecular weight is 322 g/mol. The number of likely N-dealkylation sites (tertiary alicyclic amines) is 2. The van der Waals surface area contributed by atoms with E-state index >= 15 is 0 Å². The Morgan fingerprint density at radius 1 is 1.00 bits per heavy atom. The maximum Gasteiger partial charge on any atom is 0.225 e. The summed E-state index contributed by atoms with van der Waals surface area (Å²) < 4.78 is 5.39. The normalized spacial score (nSPS) is 28.7. The topological polar surface area (TPSA) is 32.8 Å². The quantitative estimate of drug-likeness (QED) is 0.798. The SMILES string of the molecule is CC(C)CN1CCC([C@@H]2CCN(C(=O)C3CCOCC3)C2)CC1. The molecule has 0 saturated carbocycles. The summed E-state index contributed by atoms with van der Waals surface area (Å²) in [6.45, 7) is 11.9. The number of nitrogens with zero attached hydrogens (tertiary/aromatic N) is 2. The van der Waals surface area contributed by atoms with E-state index in [-0.39, 0.29) is 5.92 Å². The van der Waals surface area contributed by atoms with Crippen LogP contribution < -0.4 is 0 Å². The van der Waals surface area contributed by atoms with Crippen LogP contribution in [0.3, 0.4) is 0 Å². The molecule has 1 amide bonds. The fraction of sp³-hybridized carbons (Fsp3) is 0.947. The van der Waals surface area contributed by atoms with Crippen LogP contribution in [-0.4, -0.2) is 61.6 Å². The minimum Gasteiger partial charge on any atom is -0.381 e. The zero-order valence-corrected chi connectivity index (χ0v) is 15.0. The second-order valence-corrected chi connectivity index (χ2v) is 8.25. The molecule has 23 heavy (non-hydrogen) atoms. The maximum absolute atomic E-state index is 12.7. The monoisotopic (exact) mass is 322 g/mol. The highest BCUT2D eigenvalue weighted by molar-refractivity contribution is 5.79. The lowest BCUT2D eigenvalue weighted by atomic mass is 9.83. The standard InChI is InChI=1S/C19H34N2O2/c1-15(2)13-20-8-3-16(4-9-20)18-5-10-21(14-18)19(22)17-6-11-23-12-7-17/h15-18H,3-14H2,1-2H3/t18-/m1/s1. The van der Waals surface area contributed by atoms with Gasteiger partial charge in [0, 0.05) is 38.8 Å². The van der Waals surface area contributed by atoms with Crippen molar-refractivity contribution < 1.29 is 9.53 Å². The highest BCUT2D eigenvalue weighted by Gasteiger charge is 2.36. The molecule has 0 aromatic heterocycles. The molecule has 0 spiro atoms. The molecule has 3 fully saturated rings. The van der Waals surface area contributed by atoms with Gasteiger partial charge in [0.1, 0.15) is 0 Å². The number of hydrogen-bond acceptors (Lipinski definition) is 3. The Morgan fingerprint density at radius 3 is 2.30 bits per heavy atom. The van der Waals surface area contributed by atoms with Crippen LogP contribution in [0.5, 0.6) is 0 Å². The van der Waals surface area contributed by atoms with Gasteiger partial charge in [0.05, 0.1) is 0 Å². The first-order valence-electron chi connectivity index (χ1n) is 9.72. The van der Waals surface area contributed by atoms with Crippen LogP contribution in [0.15, 0.2) is 0 Å². The second-order valence-electron chi connectivity index (χ2n) is 8.25. The van der Waals surface area contributed by atoms with E-state index in [0.29, 0.717) is 5.91 Å². The minimum atomic E-state index is 0.232. The van der Waals surface area contributed by atoms with Crippen molar-refractivity contribution in [2.75, 3.05) is 45.9 Å². The fourth-order valence-electron chi connectivity index (χ4n) is 4.70. The molecule has 0 aromatic rings. The van der Waals surface area contributed by atoms with E-state index in [1.54, 1.807) is 0 Å². The van der Waals surface area contributed by atoms with Crippen LogP contribution in [-0.2, 0) is 9.53 Å². The molecule has 0 unspecified atom stereocenters. The predicted octanol–water partition coefficient (Wildman–Crippen LogP) is 2.63. The number of amides is 1. The van der Waals surface area contributed by atoms with Crippen LogP contribution >= 0.6 is 0 Å². The van der Waals surface area contributed by atoms with Crippen LogP contribution in [0.1, 0.15) is 46.0 Å². The number of rotatable bonds is 4. The Labute approximate surface area is 141 Å². The highest BCUT2D eigenvalue weighted by atomic mass is 16.5. The van der Waals surface area contributed by atoms with Gasteiger partial charge in [-0.3, -0.25) is 4.79 Å². The molecule has 0 aliphatic carbocycles. The van der Waals surface area contributed by atoms with Crippen LogP contribution in [0.25, 0.3) is 0 Å². The van der Waals surface area contributed by atoms with E-state index in [2.05, 4.69) is 23.6 Å². The first-order valence-corrected chi connectivity index (χ1v) is 9.72. The number of carbonyl (C=O) groups excluding carboxylic acids is 1. The number of hydrogen-bond donors (Lipinski definition) is 0. The van der Waals surface area contributed by atoms with Crippen LogP contribution in [0, 0.1) is 23.7 Å². The first kappa shape index (κ1) is 17.2. The van der Waals surface area contributed by atoms with Gasteiger partial charge in [0.25, 0.3) is 0 Å². The molecule has 3 aliphatic heterocycles. The number of ether oxygens (including phenoxy) is 1. The lowest BCUT2D eigenvalue weighted by Gasteiger charge is -2.35. The molecule has 3 aliphatic rings. The average Bonchev–Trinajstić information content (AvgIpc) is 3.05. The molecule has 1 atom stereocenters. The molecular formula is C19H34N2O2. The lowest BCUT2D eigenvalue weighted by molar-refractivity contribution is -0.137. The van der Waals surface area contributed by atoms with E-state index in [4.69, 9.17) is 4.74 Å². The van der Waals surface area contributed by atoms with Crippen molar-refractivity contribution in [2.45, 2.75) is 46.0 Å². The molecular weight excluding hydrogens is 288 g/mol. The summed E-state index contributed by atoms with van der Waals surface area (Å²) in [5, 5.41) is 0. The Morgan fingerprint density at radius 2 is 1.65 bits per heavy atom.